The molecule has 0 bridgehead atoms. The summed E-state index contributed by atoms with van der Waals surface area (Å²) < 4.78 is 10.8. The van der Waals surface area contributed by atoms with E-state index in [2.05, 4.69) is 12.2 Å². The number of nitrogens with one attached hydrogen (secondary N) is 1. The number of carbonyl (C=O) groups is 1. The second-order valence-electron chi connectivity index (χ2n) is 6.32. The molecule has 0 aliphatic heterocycles. The normalized spacial score (nSPS) is 11.7. The maximum atomic E-state index is 12.4. The van der Waals surface area contributed by atoms with Crippen molar-refractivity contribution in [3.8, 4) is 11.5 Å². The Morgan fingerprint density at radius 1 is 1.00 bits per heavy atom. The minimum absolute atomic E-state index is 0.0929. The van der Waals surface area contributed by atoms with E-state index < -0.39 is 0 Å². The van der Waals surface area contributed by atoms with Crippen LogP contribution < -0.4 is 14.8 Å². The van der Waals surface area contributed by atoms with E-state index in [1.165, 1.54) is 0 Å². The van der Waals surface area contributed by atoms with Crippen LogP contribution in [-0.2, 0) is 0 Å². The lowest BCUT2D eigenvalue weighted by Crippen LogP contribution is -2.14. The van der Waals surface area contributed by atoms with Gasteiger partial charge in [-0.3, -0.25) is 4.79 Å². The van der Waals surface area contributed by atoms with E-state index in [-0.39, 0.29) is 11.8 Å². The molecule has 2 aromatic carbocycles. The number of ketones is 1. The van der Waals surface area contributed by atoms with E-state index in [1.807, 2.05) is 49.4 Å². The first-order valence-electron chi connectivity index (χ1n) is 9.25. The van der Waals surface area contributed by atoms with Gasteiger partial charge in [0.15, 0.2) is 17.3 Å². The fraction of sp³-hybridized carbons (Fsp3) is 0.409. The van der Waals surface area contributed by atoms with Crippen molar-refractivity contribution in [1.82, 2.24) is 0 Å². The Balaban J connectivity index is 2.33. The van der Waals surface area contributed by atoms with Gasteiger partial charge in [-0.2, -0.15) is 0 Å². The Bertz CT molecular complexity index is 727. The van der Waals surface area contributed by atoms with E-state index in [4.69, 9.17) is 9.47 Å². The van der Waals surface area contributed by atoms with Crippen LogP contribution in [0.3, 0.4) is 0 Å². The van der Waals surface area contributed by atoms with Gasteiger partial charge in [0.05, 0.1) is 20.3 Å². The molecule has 2 rings (SSSR count). The standard InChI is InChI=1S/C22H29NO3/c1-5-9-18(16-13-14-21(25-3)22(15-16)26-4)23-19-12-8-7-11-17(19)20(24)10-6-2/h7-8,11-15,18,23H,5-6,9-10H2,1-4H3. The molecule has 140 valence electrons. The van der Waals surface area contributed by atoms with Gasteiger partial charge >= 0.3 is 0 Å². The second-order valence-corrected chi connectivity index (χ2v) is 6.32. The first-order chi connectivity index (χ1) is 12.6. The molecule has 1 N–H and O–H groups in total. The first-order valence-corrected chi connectivity index (χ1v) is 9.25. The lowest BCUT2D eigenvalue weighted by molar-refractivity contribution is 0.0982. The van der Waals surface area contributed by atoms with Crippen LogP contribution >= 0.6 is 0 Å². The Labute approximate surface area is 156 Å². The number of hydrogen-bond donors (Lipinski definition) is 1. The van der Waals surface area contributed by atoms with Gasteiger partial charge in [-0.15, -0.1) is 0 Å². The molecule has 0 heterocycles. The van der Waals surface area contributed by atoms with Crippen molar-refractivity contribution in [2.75, 3.05) is 19.5 Å². The molecule has 0 spiro atoms. The zero-order valence-corrected chi connectivity index (χ0v) is 16.2. The zero-order valence-electron chi connectivity index (χ0n) is 16.2. The van der Waals surface area contributed by atoms with Crippen LogP contribution in [-0.4, -0.2) is 20.0 Å². The molecule has 0 radical (unpaired) electrons. The summed E-state index contributed by atoms with van der Waals surface area (Å²) in [5.41, 5.74) is 2.76. The Hall–Kier alpha value is -2.49. The summed E-state index contributed by atoms with van der Waals surface area (Å²) in [6.45, 7) is 4.18. The average Bonchev–Trinajstić information content (AvgIpc) is 2.67. The van der Waals surface area contributed by atoms with Gasteiger partial charge in [0.25, 0.3) is 0 Å². The minimum Gasteiger partial charge on any atom is -0.493 e. The molecule has 0 fully saturated rings. The maximum Gasteiger partial charge on any atom is 0.164 e. The molecule has 0 saturated heterocycles. The van der Waals surface area contributed by atoms with Crippen LogP contribution in [0.4, 0.5) is 5.69 Å². The van der Waals surface area contributed by atoms with Crippen molar-refractivity contribution < 1.29 is 14.3 Å². The van der Waals surface area contributed by atoms with Crippen LogP contribution in [0.2, 0.25) is 0 Å². The lowest BCUT2D eigenvalue weighted by atomic mass is 9.99. The smallest absolute Gasteiger partial charge is 0.164 e. The topological polar surface area (TPSA) is 47.6 Å². The summed E-state index contributed by atoms with van der Waals surface area (Å²) in [6, 6.07) is 13.8. The Morgan fingerprint density at radius 3 is 2.38 bits per heavy atom. The summed E-state index contributed by atoms with van der Waals surface area (Å²) in [6.07, 6.45) is 3.39. The Morgan fingerprint density at radius 2 is 1.73 bits per heavy atom. The molecule has 0 aromatic heterocycles. The van der Waals surface area contributed by atoms with Crippen LogP contribution in [0.5, 0.6) is 11.5 Å². The number of ether oxygens (including phenoxy) is 2. The number of hydrogen-bond acceptors (Lipinski definition) is 4. The molecular formula is C22H29NO3. The van der Waals surface area contributed by atoms with E-state index >= 15 is 0 Å². The average molecular weight is 355 g/mol. The number of Topliss-reactive ketones (excluding diaryl/α,β-unsaturated/α-hetero) is 1. The summed E-state index contributed by atoms with van der Waals surface area (Å²) >= 11 is 0. The molecular weight excluding hydrogens is 326 g/mol. The van der Waals surface area contributed by atoms with Crippen LogP contribution in [0.1, 0.15) is 61.5 Å². The molecule has 0 amide bonds. The molecule has 4 nitrogen and oxygen atoms in total. The molecule has 1 unspecified atom stereocenters. The molecule has 0 aliphatic rings. The van der Waals surface area contributed by atoms with Crippen molar-refractivity contribution in [2.24, 2.45) is 0 Å². The van der Waals surface area contributed by atoms with Gasteiger partial charge in [0, 0.05) is 17.7 Å². The second kappa shape index (κ2) is 9.85. The van der Waals surface area contributed by atoms with Gasteiger partial charge in [-0.1, -0.05) is 38.5 Å². The predicted molar refractivity (Wildman–Crippen MR) is 106 cm³/mol. The number of carbonyl (C=O) groups excluding carboxylic acids is 1. The van der Waals surface area contributed by atoms with E-state index in [0.29, 0.717) is 17.9 Å². The third-order valence-corrected chi connectivity index (χ3v) is 4.42. The third-order valence-electron chi connectivity index (χ3n) is 4.42. The predicted octanol–water partition coefficient (Wildman–Crippen LogP) is 5.64. The summed E-state index contributed by atoms with van der Waals surface area (Å²) in [5, 5.41) is 3.58. The zero-order chi connectivity index (χ0) is 18.9. The van der Waals surface area contributed by atoms with Gasteiger partial charge in [-0.05, 0) is 42.7 Å². The summed E-state index contributed by atoms with van der Waals surface area (Å²) in [4.78, 5) is 12.4. The van der Waals surface area contributed by atoms with Crippen LogP contribution in [0.15, 0.2) is 42.5 Å². The highest BCUT2D eigenvalue weighted by Gasteiger charge is 2.17. The van der Waals surface area contributed by atoms with Crippen molar-refractivity contribution in [1.29, 1.82) is 0 Å². The highest BCUT2D eigenvalue weighted by molar-refractivity contribution is 6.01. The van der Waals surface area contributed by atoms with Gasteiger partial charge in [0.2, 0.25) is 0 Å². The number of rotatable bonds is 10. The number of anilines is 1. The molecule has 0 aliphatic carbocycles. The van der Waals surface area contributed by atoms with Crippen molar-refractivity contribution in [3.63, 3.8) is 0 Å². The Kier molecular flexibility index (Phi) is 7.52. The van der Waals surface area contributed by atoms with Crippen molar-refractivity contribution >= 4 is 11.5 Å². The quantitative estimate of drug-likeness (QED) is 0.560. The first kappa shape index (κ1) is 19.8. The summed E-state index contributed by atoms with van der Waals surface area (Å²) in [7, 11) is 3.28. The number of benzene rings is 2. The lowest BCUT2D eigenvalue weighted by Gasteiger charge is -2.22. The molecule has 1 atom stereocenters. The fourth-order valence-corrected chi connectivity index (χ4v) is 3.08. The highest BCUT2D eigenvalue weighted by Crippen LogP contribution is 2.33. The maximum absolute atomic E-state index is 12.4. The fourth-order valence-electron chi connectivity index (χ4n) is 3.08. The minimum atomic E-state index is 0.0929. The van der Waals surface area contributed by atoms with Gasteiger partial charge in [-0.25, -0.2) is 0 Å². The third kappa shape index (κ3) is 4.78. The largest absolute Gasteiger partial charge is 0.493 e. The van der Waals surface area contributed by atoms with Crippen molar-refractivity contribution in [2.45, 2.75) is 45.6 Å². The number of methoxy groups -OCH3 is 2. The van der Waals surface area contributed by atoms with Crippen LogP contribution in [0.25, 0.3) is 0 Å². The van der Waals surface area contributed by atoms with Crippen molar-refractivity contribution in [3.05, 3.63) is 53.6 Å². The molecule has 26 heavy (non-hydrogen) atoms. The SMILES string of the molecule is CCCC(=O)c1ccccc1NC(CCC)c1ccc(OC)c(OC)c1. The highest BCUT2D eigenvalue weighted by atomic mass is 16.5. The summed E-state index contributed by atoms with van der Waals surface area (Å²) in [5.74, 6) is 1.60. The monoisotopic (exact) mass is 355 g/mol. The molecule has 2 aromatic rings. The van der Waals surface area contributed by atoms with Gasteiger partial charge < -0.3 is 14.8 Å². The molecule has 0 saturated carbocycles. The van der Waals surface area contributed by atoms with E-state index in [1.54, 1.807) is 14.2 Å². The van der Waals surface area contributed by atoms with E-state index in [0.717, 1.165) is 36.1 Å². The van der Waals surface area contributed by atoms with E-state index in [9.17, 15) is 4.79 Å². The van der Waals surface area contributed by atoms with Crippen LogP contribution in [0, 0.1) is 0 Å². The molecule has 4 heteroatoms. The van der Waals surface area contributed by atoms with Gasteiger partial charge in [0.1, 0.15) is 0 Å². The number of para-hydroxylation sites is 1.